The number of carboxylic acids is 1. The first-order chi connectivity index (χ1) is 10.1. The Labute approximate surface area is 119 Å². The van der Waals surface area contributed by atoms with Gasteiger partial charge < -0.3 is 14.3 Å². The number of carbonyl (C=O) groups is 1. The lowest BCUT2D eigenvalue weighted by molar-refractivity contribution is -0.131. The normalized spacial score (nSPS) is 11.0. The van der Waals surface area contributed by atoms with E-state index in [0.717, 1.165) is 6.08 Å². The molecular weight excluding hydrogens is 279 g/mol. The first kappa shape index (κ1) is 14.7. The number of aliphatic carboxylic acids is 1. The van der Waals surface area contributed by atoms with Crippen LogP contribution in [0.15, 0.2) is 28.7 Å². The van der Waals surface area contributed by atoms with Gasteiger partial charge in [-0.3, -0.25) is 0 Å². The predicted octanol–water partition coefficient (Wildman–Crippen LogP) is 2.45. The number of aromatic nitrogens is 2. The van der Waals surface area contributed by atoms with Crippen molar-refractivity contribution >= 4 is 12.0 Å². The molecule has 6 nitrogen and oxygen atoms in total. The van der Waals surface area contributed by atoms with Crippen molar-refractivity contribution < 1.29 is 23.4 Å². The molecule has 0 atom stereocenters. The summed E-state index contributed by atoms with van der Waals surface area (Å²) >= 11 is 0. The van der Waals surface area contributed by atoms with E-state index in [4.69, 9.17) is 14.3 Å². The van der Waals surface area contributed by atoms with Crippen LogP contribution in [0.2, 0.25) is 0 Å². The van der Waals surface area contributed by atoms with Gasteiger partial charge in [-0.15, -0.1) is 10.2 Å². The molecule has 0 radical (unpaired) electrons. The minimum atomic E-state index is -1.13. The van der Waals surface area contributed by atoms with Crippen LogP contribution >= 0.6 is 0 Å². The monoisotopic (exact) mass is 292 g/mol. The van der Waals surface area contributed by atoms with E-state index >= 15 is 0 Å². The van der Waals surface area contributed by atoms with Crippen molar-refractivity contribution in [1.82, 2.24) is 10.2 Å². The van der Waals surface area contributed by atoms with Crippen molar-refractivity contribution in [3.05, 3.63) is 47.4 Å². The standard InChI is InChI=1S/C14H13FN2O4/c1-2-12-16-17-13(21-12)8-20-11-5-4-10(15)7-9(11)3-6-14(18)19/h3-7H,2,8H2,1H3,(H,18,19)/b6-3+. The minimum absolute atomic E-state index is 0.0204. The number of hydrogen-bond acceptors (Lipinski definition) is 5. The fraction of sp³-hybridized carbons (Fsp3) is 0.214. The van der Waals surface area contributed by atoms with Crippen molar-refractivity contribution in [3.63, 3.8) is 0 Å². The van der Waals surface area contributed by atoms with Gasteiger partial charge >= 0.3 is 5.97 Å². The van der Waals surface area contributed by atoms with E-state index in [9.17, 15) is 9.18 Å². The second kappa shape index (κ2) is 6.65. The predicted molar refractivity (Wildman–Crippen MR) is 71.1 cm³/mol. The van der Waals surface area contributed by atoms with Crippen LogP contribution in [-0.2, 0) is 17.8 Å². The lowest BCUT2D eigenvalue weighted by atomic mass is 10.2. The van der Waals surface area contributed by atoms with Gasteiger partial charge in [0.15, 0.2) is 6.61 Å². The number of carboxylic acid groups (broad SMARTS) is 1. The Hall–Kier alpha value is -2.70. The Morgan fingerprint density at radius 2 is 2.19 bits per heavy atom. The maximum Gasteiger partial charge on any atom is 0.328 e. The Morgan fingerprint density at radius 3 is 2.86 bits per heavy atom. The number of aryl methyl sites for hydroxylation is 1. The Kier molecular flexibility index (Phi) is 4.65. The minimum Gasteiger partial charge on any atom is -0.483 e. The highest BCUT2D eigenvalue weighted by Crippen LogP contribution is 2.22. The summed E-state index contributed by atoms with van der Waals surface area (Å²) in [6.07, 6.45) is 2.78. The van der Waals surface area contributed by atoms with Gasteiger partial charge in [-0.05, 0) is 24.3 Å². The largest absolute Gasteiger partial charge is 0.483 e. The van der Waals surface area contributed by atoms with Crippen molar-refractivity contribution in [2.24, 2.45) is 0 Å². The molecule has 0 aliphatic carbocycles. The summed E-state index contributed by atoms with van der Waals surface area (Å²) in [5.41, 5.74) is 0.313. The van der Waals surface area contributed by atoms with Crippen LogP contribution in [-0.4, -0.2) is 21.3 Å². The van der Waals surface area contributed by atoms with E-state index in [-0.39, 0.29) is 6.61 Å². The highest BCUT2D eigenvalue weighted by Gasteiger charge is 2.08. The summed E-state index contributed by atoms with van der Waals surface area (Å²) in [6, 6.07) is 3.81. The highest BCUT2D eigenvalue weighted by atomic mass is 19.1. The van der Waals surface area contributed by atoms with Crippen LogP contribution in [0.5, 0.6) is 5.75 Å². The first-order valence-corrected chi connectivity index (χ1v) is 6.23. The van der Waals surface area contributed by atoms with Crippen molar-refractivity contribution in [3.8, 4) is 5.75 Å². The Bertz CT molecular complexity index is 667. The molecule has 0 aliphatic rings. The topological polar surface area (TPSA) is 85.5 Å². The molecule has 21 heavy (non-hydrogen) atoms. The summed E-state index contributed by atoms with van der Waals surface area (Å²) in [5.74, 6) is -0.499. The molecule has 0 unspecified atom stereocenters. The average molecular weight is 292 g/mol. The van der Waals surface area contributed by atoms with Crippen LogP contribution < -0.4 is 4.74 Å². The summed E-state index contributed by atoms with van der Waals surface area (Å²) in [7, 11) is 0. The van der Waals surface area contributed by atoms with Gasteiger partial charge in [-0.1, -0.05) is 6.92 Å². The molecule has 1 aromatic carbocycles. The lowest BCUT2D eigenvalue weighted by Crippen LogP contribution is -1.98. The van der Waals surface area contributed by atoms with Crippen LogP contribution in [0, 0.1) is 5.82 Å². The zero-order valence-corrected chi connectivity index (χ0v) is 11.2. The maximum atomic E-state index is 13.2. The quantitative estimate of drug-likeness (QED) is 0.823. The summed E-state index contributed by atoms with van der Waals surface area (Å²) < 4.78 is 24.0. The Balaban J connectivity index is 2.13. The number of benzene rings is 1. The van der Waals surface area contributed by atoms with Gasteiger partial charge in [0.2, 0.25) is 5.89 Å². The second-order valence-corrected chi connectivity index (χ2v) is 4.09. The molecular formula is C14H13FN2O4. The third-order valence-corrected chi connectivity index (χ3v) is 2.54. The van der Waals surface area contributed by atoms with Crippen LogP contribution in [0.1, 0.15) is 24.3 Å². The van der Waals surface area contributed by atoms with E-state index in [0.29, 0.717) is 29.5 Å². The number of ether oxygens (including phenoxy) is 1. The molecule has 0 bridgehead atoms. The van der Waals surface area contributed by atoms with Crippen LogP contribution in [0.4, 0.5) is 4.39 Å². The lowest BCUT2D eigenvalue weighted by Gasteiger charge is -2.07. The smallest absolute Gasteiger partial charge is 0.328 e. The first-order valence-electron chi connectivity index (χ1n) is 6.23. The van der Waals surface area contributed by atoms with Gasteiger partial charge in [-0.2, -0.15) is 0 Å². The molecule has 7 heteroatoms. The fourth-order valence-electron chi connectivity index (χ4n) is 1.57. The van der Waals surface area contributed by atoms with Crippen LogP contribution in [0.25, 0.3) is 6.08 Å². The van der Waals surface area contributed by atoms with Gasteiger partial charge in [0.25, 0.3) is 5.89 Å². The van der Waals surface area contributed by atoms with Gasteiger partial charge in [0.1, 0.15) is 11.6 Å². The molecule has 0 saturated carbocycles. The highest BCUT2D eigenvalue weighted by molar-refractivity contribution is 5.85. The molecule has 0 amide bonds. The van der Waals surface area contributed by atoms with Crippen molar-refractivity contribution in [2.45, 2.75) is 20.0 Å². The van der Waals surface area contributed by atoms with Crippen LogP contribution in [0.3, 0.4) is 0 Å². The summed E-state index contributed by atoms with van der Waals surface area (Å²) in [5, 5.41) is 16.2. The molecule has 0 fully saturated rings. The average Bonchev–Trinajstić information content (AvgIpc) is 2.92. The van der Waals surface area contributed by atoms with Crippen molar-refractivity contribution in [2.75, 3.05) is 0 Å². The second-order valence-electron chi connectivity index (χ2n) is 4.09. The van der Waals surface area contributed by atoms with E-state index in [2.05, 4.69) is 10.2 Å². The molecule has 2 rings (SSSR count). The third-order valence-electron chi connectivity index (χ3n) is 2.54. The zero-order chi connectivity index (χ0) is 15.2. The molecule has 1 N–H and O–H groups in total. The van der Waals surface area contributed by atoms with Gasteiger partial charge in [0.05, 0.1) is 0 Å². The summed E-state index contributed by atoms with van der Waals surface area (Å²) in [6.45, 7) is 1.90. The molecule has 0 aliphatic heterocycles. The van der Waals surface area contributed by atoms with E-state index in [1.807, 2.05) is 6.92 Å². The van der Waals surface area contributed by atoms with Crippen molar-refractivity contribution in [1.29, 1.82) is 0 Å². The number of hydrogen-bond donors (Lipinski definition) is 1. The molecule has 2 aromatic rings. The molecule has 0 saturated heterocycles. The number of rotatable bonds is 6. The van der Waals surface area contributed by atoms with Gasteiger partial charge in [0, 0.05) is 18.1 Å². The Morgan fingerprint density at radius 1 is 1.43 bits per heavy atom. The fourth-order valence-corrected chi connectivity index (χ4v) is 1.57. The molecule has 1 aromatic heterocycles. The van der Waals surface area contributed by atoms with Gasteiger partial charge in [-0.25, -0.2) is 9.18 Å². The molecule has 1 heterocycles. The van der Waals surface area contributed by atoms with E-state index in [1.54, 1.807) is 0 Å². The number of nitrogens with zero attached hydrogens (tertiary/aromatic N) is 2. The summed E-state index contributed by atoms with van der Waals surface area (Å²) in [4.78, 5) is 10.5. The SMILES string of the molecule is CCc1nnc(COc2ccc(F)cc2/C=C/C(=O)O)o1. The van der Waals surface area contributed by atoms with E-state index in [1.165, 1.54) is 24.3 Å². The third kappa shape index (κ3) is 4.13. The maximum absolute atomic E-state index is 13.2. The molecule has 110 valence electrons. The zero-order valence-electron chi connectivity index (χ0n) is 11.2. The molecule has 0 spiro atoms. The van der Waals surface area contributed by atoms with E-state index < -0.39 is 11.8 Å². The number of halogens is 1.